The molecule has 112 valence electrons. The Labute approximate surface area is 114 Å². The van der Waals surface area contributed by atoms with Crippen LogP contribution in [0.3, 0.4) is 0 Å². The van der Waals surface area contributed by atoms with Crippen molar-refractivity contribution in [2.75, 3.05) is 0 Å². The monoisotopic (exact) mass is 299 g/mol. The molecule has 0 unspecified atom stereocenters. The van der Waals surface area contributed by atoms with E-state index in [1.807, 2.05) is 0 Å². The van der Waals surface area contributed by atoms with Gasteiger partial charge in [-0.2, -0.15) is 12.6 Å². The third kappa shape index (κ3) is 8.37. The van der Waals surface area contributed by atoms with Crippen LogP contribution in [0.25, 0.3) is 0 Å². The Balaban J connectivity index is 0. The van der Waals surface area contributed by atoms with Crippen LogP contribution in [0.2, 0.25) is 0 Å². The van der Waals surface area contributed by atoms with E-state index in [2.05, 4.69) is 12.6 Å². The van der Waals surface area contributed by atoms with Gasteiger partial charge in [0.05, 0.1) is 0 Å². The van der Waals surface area contributed by atoms with Crippen molar-refractivity contribution in [3.05, 3.63) is 0 Å². The molecule has 7 N–H and O–H groups in total. The number of aliphatic hydroxyl groups is 2. The zero-order chi connectivity index (χ0) is 16.0. The van der Waals surface area contributed by atoms with Crippen LogP contribution in [-0.4, -0.2) is 66.4 Å². The van der Waals surface area contributed by atoms with Crippen molar-refractivity contribution in [2.24, 2.45) is 5.73 Å². The molecule has 0 spiro atoms. The van der Waals surface area contributed by atoms with Crippen molar-refractivity contribution >= 4 is 30.5 Å². The van der Waals surface area contributed by atoms with Gasteiger partial charge in [-0.15, -0.1) is 0 Å². The van der Waals surface area contributed by atoms with E-state index in [4.69, 9.17) is 31.3 Å². The minimum atomic E-state index is -2.27. The van der Waals surface area contributed by atoms with Crippen molar-refractivity contribution in [2.45, 2.75) is 36.8 Å². The van der Waals surface area contributed by atoms with Crippen LogP contribution in [0.5, 0.6) is 0 Å². The van der Waals surface area contributed by atoms with Gasteiger partial charge in [-0.05, 0) is 13.8 Å². The average molecular weight is 299 g/mol. The van der Waals surface area contributed by atoms with E-state index in [0.717, 1.165) is 0 Å². The fraction of sp³-hybridized carbons (Fsp3) is 0.667. The Hall–Kier alpha value is -1.36. The maximum Gasteiger partial charge on any atom is 0.335 e. The third-order valence-electron chi connectivity index (χ3n) is 1.83. The largest absolute Gasteiger partial charge is 0.480 e. The summed E-state index contributed by atoms with van der Waals surface area (Å²) in [5.74, 6) is -4.56. The van der Waals surface area contributed by atoms with Crippen LogP contribution < -0.4 is 5.73 Å². The minimum Gasteiger partial charge on any atom is -0.480 e. The molecule has 0 radical (unpaired) electrons. The molecule has 0 aromatic carbocycles. The summed E-state index contributed by atoms with van der Waals surface area (Å²) in [5, 5.41) is 40.9. The number of aliphatic hydroxyl groups excluding tert-OH is 2. The predicted octanol–water partition coefficient (Wildman–Crippen LogP) is -2.02. The fourth-order valence-corrected chi connectivity index (χ4v) is 0.683. The Morgan fingerprint density at radius 1 is 0.947 bits per heavy atom. The number of carboxylic acids is 3. The first kappa shape index (κ1) is 20.0. The topological polar surface area (TPSA) is 178 Å². The molecule has 0 bridgehead atoms. The summed E-state index contributed by atoms with van der Waals surface area (Å²) in [7, 11) is 0. The minimum absolute atomic E-state index is 0.647. The van der Waals surface area contributed by atoms with E-state index < -0.39 is 40.9 Å². The standard InChI is InChI=1S/C5H11NO2S.C4H6O6/c1-5(2,9)3(6)4(7)8;5-1(3(7)8)2(6)4(9)10/h3,9H,6H2,1-2H3,(H,7,8);1-2,5-6H,(H,7,8)(H,9,10)/t3-;1-,2-/m11/s1. The second kappa shape index (κ2) is 7.94. The molecule has 0 amide bonds. The van der Waals surface area contributed by atoms with Gasteiger partial charge in [0.1, 0.15) is 6.04 Å². The first-order valence-electron chi connectivity index (χ1n) is 4.84. The molecule has 0 saturated heterocycles. The van der Waals surface area contributed by atoms with Crippen molar-refractivity contribution < 1.29 is 39.9 Å². The molecule has 0 aromatic rings. The number of aliphatic carboxylic acids is 3. The van der Waals surface area contributed by atoms with Crippen LogP contribution in [0, 0.1) is 0 Å². The molecule has 0 aliphatic heterocycles. The van der Waals surface area contributed by atoms with Gasteiger partial charge in [-0.25, -0.2) is 9.59 Å². The molecule has 0 aromatic heterocycles. The molecule has 3 atom stereocenters. The number of nitrogens with two attached hydrogens (primary N) is 1. The maximum absolute atomic E-state index is 10.2. The normalized spacial score (nSPS) is 15.5. The van der Waals surface area contributed by atoms with Gasteiger partial charge in [0.25, 0.3) is 0 Å². The Morgan fingerprint density at radius 3 is 1.26 bits per heavy atom. The van der Waals surface area contributed by atoms with Gasteiger partial charge in [0.2, 0.25) is 0 Å². The molecule has 10 heteroatoms. The van der Waals surface area contributed by atoms with E-state index in [-0.39, 0.29) is 0 Å². The fourth-order valence-electron chi connectivity index (χ4n) is 0.572. The number of thiol groups is 1. The van der Waals surface area contributed by atoms with E-state index >= 15 is 0 Å². The zero-order valence-corrected chi connectivity index (χ0v) is 11.1. The molecular formula is C9H17NO8S. The average Bonchev–Trinajstić information content (AvgIpc) is 2.25. The molecule has 9 nitrogen and oxygen atoms in total. The summed E-state index contributed by atoms with van der Waals surface area (Å²) in [6, 6.07) is -0.902. The molecular weight excluding hydrogens is 282 g/mol. The summed E-state index contributed by atoms with van der Waals surface area (Å²) >= 11 is 3.98. The van der Waals surface area contributed by atoms with Gasteiger partial charge in [0, 0.05) is 4.75 Å². The molecule has 0 aliphatic carbocycles. The lowest BCUT2D eigenvalue weighted by Gasteiger charge is -2.21. The number of hydrogen-bond acceptors (Lipinski definition) is 7. The van der Waals surface area contributed by atoms with Crippen LogP contribution in [0.15, 0.2) is 0 Å². The van der Waals surface area contributed by atoms with E-state index in [1.54, 1.807) is 13.8 Å². The van der Waals surface area contributed by atoms with Crippen molar-refractivity contribution in [3.8, 4) is 0 Å². The van der Waals surface area contributed by atoms with Crippen molar-refractivity contribution in [1.82, 2.24) is 0 Å². The van der Waals surface area contributed by atoms with Gasteiger partial charge >= 0.3 is 17.9 Å². The molecule has 0 rings (SSSR count). The van der Waals surface area contributed by atoms with E-state index in [9.17, 15) is 14.4 Å². The summed E-state index contributed by atoms with van der Waals surface area (Å²) in [4.78, 5) is 29.7. The first-order chi connectivity index (χ1) is 8.32. The molecule has 0 fully saturated rings. The highest BCUT2D eigenvalue weighted by molar-refractivity contribution is 7.81. The van der Waals surface area contributed by atoms with Gasteiger partial charge < -0.3 is 31.3 Å². The molecule has 0 heterocycles. The number of carboxylic acid groups (broad SMARTS) is 3. The smallest absolute Gasteiger partial charge is 0.335 e. The SMILES string of the molecule is CC(C)(S)[C@H](N)C(=O)O.O=C(O)[C@H](O)[C@@H](O)C(=O)O. The lowest BCUT2D eigenvalue weighted by molar-refractivity contribution is -0.165. The summed E-state index contributed by atoms with van der Waals surface area (Å²) in [6.07, 6.45) is -4.53. The summed E-state index contributed by atoms with van der Waals surface area (Å²) in [6.45, 7) is 3.32. The van der Waals surface area contributed by atoms with Gasteiger partial charge in [-0.3, -0.25) is 4.79 Å². The highest BCUT2D eigenvalue weighted by Crippen LogP contribution is 2.15. The zero-order valence-electron chi connectivity index (χ0n) is 10.2. The predicted molar refractivity (Wildman–Crippen MR) is 66.0 cm³/mol. The van der Waals surface area contributed by atoms with Crippen LogP contribution in [-0.2, 0) is 14.4 Å². The van der Waals surface area contributed by atoms with Crippen LogP contribution in [0.1, 0.15) is 13.8 Å². The Bertz CT molecular complexity index is 322. The quantitative estimate of drug-likeness (QED) is 0.282. The van der Waals surface area contributed by atoms with Crippen molar-refractivity contribution in [3.63, 3.8) is 0 Å². The van der Waals surface area contributed by atoms with Gasteiger partial charge in [0.15, 0.2) is 12.2 Å². The maximum atomic E-state index is 10.2. The Kier molecular flexibility index (Phi) is 8.35. The first-order valence-corrected chi connectivity index (χ1v) is 5.29. The van der Waals surface area contributed by atoms with E-state index in [1.165, 1.54) is 0 Å². The molecule has 0 aliphatic rings. The number of hydrogen-bond donors (Lipinski definition) is 7. The third-order valence-corrected chi connectivity index (χ3v) is 2.11. The lowest BCUT2D eigenvalue weighted by Crippen LogP contribution is -2.45. The number of carbonyl (C=O) groups is 3. The highest BCUT2D eigenvalue weighted by atomic mass is 32.1. The second-order valence-electron chi connectivity index (χ2n) is 4.04. The highest BCUT2D eigenvalue weighted by Gasteiger charge is 2.29. The summed E-state index contributed by atoms with van der Waals surface area (Å²) < 4.78 is -0.647. The number of rotatable bonds is 5. The summed E-state index contributed by atoms with van der Waals surface area (Å²) in [5.41, 5.74) is 5.22. The second-order valence-corrected chi connectivity index (χ2v) is 5.19. The van der Waals surface area contributed by atoms with Crippen molar-refractivity contribution in [1.29, 1.82) is 0 Å². The molecule has 0 saturated carbocycles. The van der Waals surface area contributed by atoms with Crippen LogP contribution in [0.4, 0.5) is 0 Å². The van der Waals surface area contributed by atoms with E-state index in [0.29, 0.717) is 0 Å². The molecule has 19 heavy (non-hydrogen) atoms. The van der Waals surface area contributed by atoms with Crippen LogP contribution >= 0.6 is 12.6 Å². The lowest BCUT2D eigenvalue weighted by atomic mass is 10.1. The van der Waals surface area contributed by atoms with Gasteiger partial charge in [-0.1, -0.05) is 0 Å². The Morgan fingerprint density at radius 2 is 1.21 bits per heavy atom.